The van der Waals surface area contributed by atoms with Crippen molar-refractivity contribution in [2.75, 3.05) is 6.54 Å². The lowest BCUT2D eigenvalue weighted by atomic mass is 10.1. The molecule has 0 bridgehead atoms. The number of nitrogens with two attached hydrogens (primary N) is 1. The third-order valence-electron chi connectivity index (χ3n) is 1.86. The highest BCUT2D eigenvalue weighted by Gasteiger charge is 2.30. The number of nitriles is 1. The predicted molar refractivity (Wildman–Crippen MR) is 54.2 cm³/mol. The maximum atomic E-state index is 12.4. The van der Waals surface area contributed by atoms with Gasteiger partial charge in [-0.2, -0.15) is 18.4 Å². The molecular formula is C11H9F3N2. The normalized spacial score (nSPS) is 11.7. The summed E-state index contributed by atoms with van der Waals surface area (Å²) in [5.74, 6) is 0. The molecule has 2 nitrogen and oxygen atoms in total. The molecule has 0 fully saturated rings. The second-order valence-corrected chi connectivity index (χ2v) is 3.09. The summed E-state index contributed by atoms with van der Waals surface area (Å²) < 4.78 is 37.3. The maximum absolute atomic E-state index is 12.4. The molecule has 1 aromatic rings. The van der Waals surface area contributed by atoms with Gasteiger partial charge in [0.25, 0.3) is 0 Å². The van der Waals surface area contributed by atoms with Crippen molar-refractivity contribution in [3.05, 3.63) is 41.0 Å². The van der Waals surface area contributed by atoms with Crippen LogP contribution in [0.15, 0.2) is 24.3 Å². The second-order valence-electron chi connectivity index (χ2n) is 3.09. The Bertz CT molecular complexity index is 442. The number of hydrogen-bond acceptors (Lipinski definition) is 2. The molecule has 16 heavy (non-hydrogen) atoms. The summed E-state index contributed by atoms with van der Waals surface area (Å²) in [6.07, 6.45) is -1.47. The Hall–Kier alpha value is -1.80. The predicted octanol–water partition coefficient (Wildman–Crippen LogP) is 2.55. The van der Waals surface area contributed by atoms with E-state index in [0.717, 1.165) is 12.1 Å². The zero-order chi connectivity index (χ0) is 12.2. The highest BCUT2D eigenvalue weighted by atomic mass is 19.4. The third-order valence-corrected chi connectivity index (χ3v) is 1.86. The van der Waals surface area contributed by atoms with E-state index in [0.29, 0.717) is 5.56 Å². The monoisotopic (exact) mass is 226 g/mol. The van der Waals surface area contributed by atoms with Crippen LogP contribution in [0.2, 0.25) is 0 Å². The van der Waals surface area contributed by atoms with E-state index in [-0.39, 0.29) is 12.1 Å². The van der Waals surface area contributed by atoms with Gasteiger partial charge in [0.1, 0.15) is 0 Å². The van der Waals surface area contributed by atoms with Gasteiger partial charge in [0.15, 0.2) is 0 Å². The molecule has 84 valence electrons. The highest BCUT2D eigenvalue weighted by Crippen LogP contribution is 2.30. The molecule has 0 aliphatic rings. The van der Waals surface area contributed by atoms with E-state index in [1.54, 1.807) is 6.07 Å². The van der Waals surface area contributed by atoms with Crippen molar-refractivity contribution in [1.29, 1.82) is 5.26 Å². The Morgan fingerprint density at radius 2 is 2.00 bits per heavy atom. The largest absolute Gasteiger partial charge is 0.416 e. The smallest absolute Gasteiger partial charge is 0.327 e. The van der Waals surface area contributed by atoms with Crippen LogP contribution in [0.3, 0.4) is 0 Å². The minimum absolute atomic E-state index is 0.0218. The van der Waals surface area contributed by atoms with Gasteiger partial charge in [-0.3, -0.25) is 0 Å². The first kappa shape index (κ1) is 12.3. The van der Waals surface area contributed by atoms with E-state index in [9.17, 15) is 13.2 Å². The van der Waals surface area contributed by atoms with Crippen LogP contribution in [0.25, 0.3) is 6.08 Å². The standard InChI is InChI=1S/C11H9F3N2/c12-11(13,14)10-5-8(2-1-3-15)4-9(6-10)7-16/h1-2,4-6H,3,15H2. The van der Waals surface area contributed by atoms with Gasteiger partial charge in [-0.05, 0) is 23.8 Å². The third kappa shape index (κ3) is 3.11. The lowest BCUT2D eigenvalue weighted by molar-refractivity contribution is -0.137. The van der Waals surface area contributed by atoms with Crippen molar-refractivity contribution in [3.8, 4) is 6.07 Å². The van der Waals surface area contributed by atoms with Crippen LogP contribution >= 0.6 is 0 Å². The summed E-state index contributed by atoms with van der Waals surface area (Å²) in [5.41, 5.74) is 4.66. The van der Waals surface area contributed by atoms with E-state index in [1.165, 1.54) is 18.2 Å². The van der Waals surface area contributed by atoms with Gasteiger partial charge >= 0.3 is 6.18 Å². The molecule has 0 heterocycles. The van der Waals surface area contributed by atoms with E-state index < -0.39 is 11.7 Å². The van der Waals surface area contributed by atoms with Gasteiger partial charge in [-0.25, -0.2) is 0 Å². The van der Waals surface area contributed by atoms with Crippen LogP contribution in [-0.2, 0) is 6.18 Å². The average Bonchev–Trinajstić information content (AvgIpc) is 2.24. The van der Waals surface area contributed by atoms with Gasteiger partial charge in [0.2, 0.25) is 0 Å². The molecule has 0 saturated heterocycles. The van der Waals surface area contributed by atoms with Gasteiger partial charge in [-0.15, -0.1) is 0 Å². The summed E-state index contributed by atoms with van der Waals surface area (Å²) in [5, 5.41) is 8.61. The van der Waals surface area contributed by atoms with Crippen LogP contribution in [-0.4, -0.2) is 6.54 Å². The molecule has 2 N–H and O–H groups in total. The van der Waals surface area contributed by atoms with E-state index >= 15 is 0 Å². The fourth-order valence-electron chi connectivity index (χ4n) is 1.18. The zero-order valence-electron chi connectivity index (χ0n) is 8.25. The lowest BCUT2D eigenvalue weighted by Gasteiger charge is -2.07. The Balaban J connectivity index is 3.23. The number of alkyl halides is 3. The van der Waals surface area contributed by atoms with Gasteiger partial charge < -0.3 is 5.73 Å². The number of nitrogens with zero attached hydrogens (tertiary/aromatic N) is 1. The van der Waals surface area contributed by atoms with Crippen molar-refractivity contribution in [1.82, 2.24) is 0 Å². The molecule has 0 aliphatic carbocycles. The molecular weight excluding hydrogens is 217 g/mol. The van der Waals surface area contributed by atoms with Crippen LogP contribution in [0.4, 0.5) is 13.2 Å². The lowest BCUT2D eigenvalue weighted by Crippen LogP contribution is -2.05. The van der Waals surface area contributed by atoms with Crippen LogP contribution in [0.1, 0.15) is 16.7 Å². The van der Waals surface area contributed by atoms with E-state index in [1.807, 2.05) is 0 Å². The first-order valence-corrected chi connectivity index (χ1v) is 4.46. The van der Waals surface area contributed by atoms with Crippen molar-refractivity contribution < 1.29 is 13.2 Å². The summed E-state index contributed by atoms with van der Waals surface area (Å²) in [4.78, 5) is 0. The topological polar surface area (TPSA) is 49.8 Å². The minimum Gasteiger partial charge on any atom is -0.327 e. The van der Waals surface area contributed by atoms with E-state index in [2.05, 4.69) is 0 Å². The highest BCUT2D eigenvalue weighted by molar-refractivity contribution is 5.54. The van der Waals surface area contributed by atoms with E-state index in [4.69, 9.17) is 11.0 Å². The van der Waals surface area contributed by atoms with Crippen molar-refractivity contribution >= 4 is 6.08 Å². The molecule has 0 radical (unpaired) electrons. The first-order chi connectivity index (χ1) is 7.47. The minimum atomic E-state index is -4.45. The Morgan fingerprint density at radius 3 is 2.50 bits per heavy atom. The zero-order valence-corrected chi connectivity index (χ0v) is 8.25. The fourth-order valence-corrected chi connectivity index (χ4v) is 1.18. The van der Waals surface area contributed by atoms with Crippen molar-refractivity contribution in [2.45, 2.75) is 6.18 Å². The number of halogens is 3. The summed E-state index contributed by atoms with van der Waals surface area (Å²) in [6.45, 7) is 0.234. The summed E-state index contributed by atoms with van der Waals surface area (Å²) >= 11 is 0. The maximum Gasteiger partial charge on any atom is 0.416 e. The van der Waals surface area contributed by atoms with Crippen LogP contribution < -0.4 is 5.73 Å². The number of hydrogen-bond donors (Lipinski definition) is 1. The molecule has 0 amide bonds. The molecule has 0 spiro atoms. The van der Waals surface area contributed by atoms with Crippen LogP contribution in [0.5, 0.6) is 0 Å². The quantitative estimate of drug-likeness (QED) is 0.842. The second kappa shape index (κ2) is 4.81. The molecule has 1 rings (SSSR count). The summed E-state index contributed by atoms with van der Waals surface area (Å²) in [6, 6.07) is 4.87. The summed E-state index contributed by atoms with van der Waals surface area (Å²) in [7, 11) is 0. The molecule has 0 aromatic heterocycles. The number of rotatable bonds is 2. The van der Waals surface area contributed by atoms with Crippen molar-refractivity contribution in [2.24, 2.45) is 5.73 Å². The fraction of sp³-hybridized carbons (Fsp3) is 0.182. The Labute approximate surface area is 90.8 Å². The van der Waals surface area contributed by atoms with Crippen LogP contribution in [0, 0.1) is 11.3 Å². The molecule has 0 unspecified atom stereocenters. The molecule has 0 aliphatic heterocycles. The molecule has 0 atom stereocenters. The average molecular weight is 226 g/mol. The van der Waals surface area contributed by atoms with Gasteiger partial charge in [0, 0.05) is 6.54 Å². The first-order valence-electron chi connectivity index (χ1n) is 4.46. The molecule has 5 heteroatoms. The van der Waals surface area contributed by atoms with Gasteiger partial charge in [0.05, 0.1) is 17.2 Å². The molecule has 1 aromatic carbocycles. The SMILES string of the molecule is N#Cc1cc(C=CCN)cc(C(F)(F)F)c1. The Kier molecular flexibility index (Phi) is 3.69. The van der Waals surface area contributed by atoms with Crippen molar-refractivity contribution in [3.63, 3.8) is 0 Å². The number of benzene rings is 1. The van der Waals surface area contributed by atoms with Gasteiger partial charge in [-0.1, -0.05) is 12.2 Å². The molecule has 0 saturated carbocycles. The Morgan fingerprint density at radius 1 is 1.31 bits per heavy atom.